The van der Waals surface area contributed by atoms with E-state index in [9.17, 15) is 19.8 Å². The SMILES string of the molecule is CCCN[C@@H](Cc1ccc(O)cc1)C(=O)N[C@@H](Cc1ccc(O)cc1)C(=O)NN. The lowest BCUT2D eigenvalue weighted by Gasteiger charge is -2.23. The van der Waals surface area contributed by atoms with Gasteiger partial charge in [-0.1, -0.05) is 31.2 Å². The molecule has 0 aliphatic rings. The minimum absolute atomic E-state index is 0.121. The van der Waals surface area contributed by atoms with Crippen molar-refractivity contribution in [2.75, 3.05) is 6.54 Å². The summed E-state index contributed by atoms with van der Waals surface area (Å²) in [5.74, 6) is 4.74. The van der Waals surface area contributed by atoms with Crippen molar-refractivity contribution in [3.8, 4) is 11.5 Å². The highest BCUT2D eigenvalue weighted by Crippen LogP contribution is 2.13. The Kier molecular flexibility index (Phi) is 8.45. The molecule has 0 radical (unpaired) electrons. The first-order valence-electron chi connectivity index (χ1n) is 9.53. The summed E-state index contributed by atoms with van der Waals surface area (Å²) in [4.78, 5) is 25.1. The first-order valence-corrected chi connectivity index (χ1v) is 9.53. The fourth-order valence-corrected chi connectivity index (χ4v) is 2.89. The number of phenols is 2. The molecule has 2 aromatic carbocycles. The minimum Gasteiger partial charge on any atom is -0.508 e. The van der Waals surface area contributed by atoms with Crippen molar-refractivity contribution < 1.29 is 19.8 Å². The van der Waals surface area contributed by atoms with Crippen LogP contribution in [0.2, 0.25) is 0 Å². The van der Waals surface area contributed by atoms with Gasteiger partial charge in [0.1, 0.15) is 17.5 Å². The van der Waals surface area contributed by atoms with Gasteiger partial charge in [-0.2, -0.15) is 0 Å². The van der Waals surface area contributed by atoms with Gasteiger partial charge in [0.15, 0.2) is 0 Å². The molecule has 0 aliphatic carbocycles. The van der Waals surface area contributed by atoms with Crippen molar-refractivity contribution in [3.63, 3.8) is 0 Å². The van der Waals surface area contributed by atoms with E-state index in [4.69, 9.17) is 5.84 Å². The third-order valence-electron chi connectivity index (χ3n) is 4.48. The van der Waals surface area contributed by atoms with Crippen molar-refractivity contribution in [2.45, 2.75) is 38.3 Å². The second kappa shape index (κ2) is 11.0. The second-order valence-corrected chi connectivity index (χ2v) is 6.82. The van der Waals surface area contributed by atoms with Crippen LogP contribution < -0.4 is 21.9 Å². The number of nitrogens with two attached hydrogens (primary N) is 1. The monoisotopic (exact) mass is 400 g/mol. The maximum absolute atomic E-state index is 12.9. The zero-order valence-electron chi connectivity index (χ0n) is 16.4. The first-order chi connectivity index (χ1) is 13.9. The number of nitrogens with one attached hydrogen (secondary N) is 3. The van der Waals surface area contributed by atoms with Crippen molar-refractivity contribution in [3.05, 3.63) is 59.7 Å². The predicted octanol–water partition coefficient (Wildman–Crippen LogP) is 0.726. The Bertz CT molecular complexity index is 793. The van der Waals surface area contributed by atoms with Crippen LogP contribution in [0, 0.1) is 0 Å². The number of benzene rings is 2. The molecular formula is C21H28N4O4. The molecule has 2 aromatic rings. The largest absolute Gasteiger partial charge is 0.508 e. The lowest BCUT2D eigenvalue weighted by molar-refractivity contribution is -0.130. The first kappa shape index (κ1) is 22.2. The van der Waals surface area contributed by atoms with Crippen molar-refractivity contribution in [1.29, 1.82) is 0 Å². The van der Waals surface area contributed by atoms with E-state index in [1.165, 1.54) is 12.1 Å². The Hall–Kier alpha value is -3.10. The van der Waals surface area contributed by atoms with Crippen LogP contribution >= 0.6 is 0 Å². The number of hydrazine groups is 1. The number of hydrogen-bond acceptors (Lipinski definition) is 6. The normalized spacial score (nSPS) is 12.8. The fourth-order valence-electron chi connectivity index (χ4n) is 2.89. The molecule has 0 fully saturated rings. The zero-order valence-corrected chi connectivity index (χ0v) is 16.4. The van der Waals surface area contributed by atoms with Crippen LogP contribution in [0.25, 0.3) is 0 Å². The summed E-state index contributed by atoms with van der Waals surface area (Å²) in [6, 6.07) is 11.6. The number of carbonyl (C=O) groups excluding carboxylic acids is 2. The number of amides is 2. The zero-order chi connectivity index (χ0) is 21.2. The van der Waals surface area contributed by atoms with E-state index >= 15 is 0 Å². The quantitative estimate of drug-likeness (QED) is 0.198. The summed E-state index contributed by atoms with van der Waals surface area (Å²) in [5.41, 5.74) is 3.74. The lowest BCUT2D eigenvalue weighted by atomic mass is 10.0. The third-order valence-corrected chi connectivity index (χ3v) is 4.48. The van der Waals surface area contributed by atoms with E-state index < -0.39 is 18.0 Å². The highest BCUT2D eigenvalue weighted by atomic mass is 16.3. The predicted molar refractivity (Wildman–Crippen MR) is 110 cm³/mol. The van der Waals surface area contributed by atoms with Gasteiger partial charge in [0.05, 0.1) is 6.04 Å². The average Bonchev–Trinajstić information content (AvgIpc) is 2.72. The van der Waals surface area contributed by atoms with Crippen LogP contribution in [-0.2, 0) is 22.4 Å². The van der Waals surface area contributed by atoms with Gasteiger partial charge in [0, 0.05) is 6.42 Å². The molecule has 0 aliphatic heterocycles. The standard InChI is InChI=1S/C21H28N4O4/c1-2-11-23-18(12-14-3-7-16(26)8-4-14)20(28)24-19(21(29)25-22)13-15-5-9-17(27)10-6-15/h3-10,18-19,23,26-27H,2,11-13,22H2,1H3,(H,24,28)(H,25,29)/t18-,19-/m0/s1. The summed E-state index contributed by atoms with van der Waals surface area (Å²) >= 11 is 0. The molecule has 0 spiro atoms. The smallest absolute Gasteiger partial charge is 0.256 e. The van der Waals surface area contributed by atoms with Crippen LogP contribution in [0.15, 0.2) is 48.5 Å². The van der Waals surface area contributed by atoms with E-state index in [2.05, 4.69) is 16.1 Å². The average molecular weight is 400 g/mol. The Balaban J connectivity index is 2.11. The summed E-state index contributed by atoms with van der Waals surface area (Å²) in [7, 11) is 0. The number of hydrogen-bond donors (Lipinski definition) is 6. The van der Waals surface area contributed by atoms with Gasteiger partial charge in [0.25, 0.3) is 5.91 Å². The van der Waals surface area contributed by atoms with Crippen LogP contribution in [-0.4, -0.2) is 40.7 Å². The molecule has 2 atom stereocenters. The van der Waals surface area contributed by atoms with Gasteiger partial charge in [-0.25, -0.2) is 5.84 Å². The van der Waals surface area contributed by atoms with E-state index in [0.29, 0.717) is 13.0 Å². The highest BCUT2D eigenvalue weighted by Gasteiger charge is 2.25. The molecule has 8 nitrogen and oxygen atoms in total. The Morgan fingerprint density at radius 1 is 0.862 bits per heavy atom. The molecule has 0 saturated carbocycles. The number of carbonyl (C=O) groups is 2. The Morgan fingerprint density at radius 3 is 1.79 bits per heavy atom. The van der Waals surface area contributed by atoms with E-state index in [1.807, 2.05) is 6.92 Å². The molecule has 0 saturated heterocycles. The minimum atomic E-state index is -0.859. The van der Waals surface area contributed by atoms with Gasteiger partial charge < -0.3 is 20.8 Å². The van der Waals surface area contributed by atoms with Gasteiger partial charge in [0.2, 0.25) is 5.91 Å². The van der Waals surface area contributed by atoms with E-state index in [-0.39, 0.29) is 23.8 Å². The summed E-state index contributed by atoms with van der Waals surface area (Å²) in [5, 5.41) is 24.8. The van der Waals surface area contributed by atoms with E-state index in [1.54, 1.807) is 36.4 Å². The van der Waals surface area contributed by atoms with Crippen molar-refractivity contribution >= 4 is 11.8 Å². The summed E-state index contributed by atoms with van der Waals surface area (Å²) in [6.45, 7) is 2.64. The molecule has 7 N–H and O–H groups in total. The molecule has 156 valence electrons. The van der Waals surface area contributed by atoms with Gasteiger partial charge >= 0.3 is 0 Å². The second-order valence-electron chi connectivity index (χ2n) is 6.82. The van der Waals surface area contributed by atoms with Crippen molar-refractivity contribution in [2.24, 2.45) is 5.84 Å². The van der Waals surface area contributed by atoms with E-state index in [0.717, 1.165) is 17.5 Å². The molecule has 0 bridgehead atoms. The molecule has 2 rings (SSSR count). The molecule has 29 heavy (non-hydrogen) atoms. The number of aromatic hydroxyl groups is 2. The molecule has 0 unspecified atom stereocenters. The lowest BCUT2D eigenvalue weighted by Crippen LogP contribution is -2.55. The maximum atomic E-state index is 12.9. The third kappa shape index (κ3) is 7.10. The molecule has 0 aromatic heterocycles. The molecular weight excluding hydrogens is 372 g/mol. The van der Waals surface area contributed by atoms with Crippen LogP contribution in [0.1, 0.15) is 24.5 Å². The molecule has 8 heteroatoms. The summed E-state index contributed by atoms with van der Waals surface area (Å²) in [6.07, 6.45) is 1.48. The van der Waals surface area contributed by atoms with Gasteiger partial charge in [-0.05, 0) is 54.8 Å². The molecule has 2 amide bonds. The van der Waals surface area contributed by atoms with Crippen LogP contribution in [0.5, 0.6) is 11.5 Å². The summed E-state index contributed by atoms with van der Waals surface area (Å²) < 4.78 is 0. The fraction of sp³-hybridized carbons (Fsp3) is 0.333. The maximum Gasteiger partial charge on any atom is 0.256 e. The number of phenolic OH excluding ortho intramolecular Hbond substituents is 2. The molecule has 0 heterocycles. The van der Waals surface area contributed by atoms with Gasteiger partial charge in [-0.15, -0.1) is 0 Å². The Labute approximate surface area is 170 Å². The van der Waals surface area contributed by atoms with Gasteiger partial charge in [-0.3, -0.25) is 15.0 Å². The van der Waals surface area contributed by atoms with Crippen molar-refractivity contribution in [1.82, 2.24) is 16.1 Å². The van der Waals surface area contributed by atoms with Crippen LogP contribution in [0.3, 0.4) is 0 Å². The Morgan fingerprint density at radius 2 is 1.34 bits per heavy atom. The van der Waals surface area contributed by atoms with Crippen LogP contribution in [0.4, 0.5) is 0 Å². The highest BCUT2D eigenvalue weighted by molar-refractivity contribution is 5.89. The topological polar surface area (TPSA) is 137 Å². The number of rotatable bonds is 10.